The Hall–Kier alpha value is -1.75. The highest BCUT2D eigenvalue weighted by atomic mass is 16.5. The molecule has 1 fully saturated rings. The molecule has 0 radical (unpaired) electrons. The van der Waals surface area contributed by atoms with E-state index in [2.05, 4.69) is 17.2 Å². The summed E-state index contributed by atoms with van der Waals surface area (Å²) < 4.78 is 10.4. The Morgan fingerprint density at radius 1 is 1.44 bits per heavy atom. The van der Waals surface area contributed by atoms with Crippen LogP contribution in [0.25, 0.3) is 11.1 Å². The predicted octanol–water partition coefficient (Wildman–Crippen LogP) is 1.96. The van der Waals surface area contributed by atoms with Gasteiger partial charge in [0, 0.05) is 18.3 Å². The third kappa shape index (κ3) is 2.13. The zero-order valence-corrected chi connectivity index (χ0v) is 10.2. The number of aromatic amines is 1. The van der Waals surface area contributed by atoms with Gasteiger partial charge in [0.25, 0.3) is 0 Å². The molecule has 1 aliphatic rings. The number of ether oxygens (including phenoxy) is 1. The van der Waals surface area contributed by atoms with Gasteiger partial charge in [0.05, 0.1) is 12.1 Å². The average molecular weight is 248 g/mol. The standard InChI is InChI=1S/C13H16N2O3/c1-8-7-17-5-4-10(8)14-9-2-3-12-11(6-9)15-13(16)18-12/h2-3,6,8,10,14H,4-5,7H2,1H3,(H,15,16). The van der Waals surface area contributed by atoms with Crippen molar-refractivity contribution in [3.05, 3.63) is 28.7 Å². The quantitative estimate of drug-likeness (QED) is 0.852. The van der Waals surface area contributed by atoms with Gasteiger partial charge in [-0.05, 0) is 30.5 Å². The van der Waals surface area contributed by atoms with E-state index in [-0.39, 0.29) is 0 Å². The number of aromatic nitrogens is 1. The molecule has 0 bridgehead atoms. The van der Waals surface area contributed by atoms with E-state index in [1.54, 1.807) is 6.07 Å². The molecule has 0 saturated carbocycles. The number of anilines is 1. The van der Waals surface area contributed by atoms with Crippen molar-refractivity contribution in [2.45, 2.75) is 19.4 Å². The van der Waals surface area contributed by atoms with Crippen molar-refractivity contribution in [2.24, 2.45) is 5.92 Å². The highest BCUT2D eigenvalue weighted by Crippen LogP contribution is 2.22. The molecule has 5 heteroatoms. The van der Waals surface area contributed by atoms with E-state index >= 15 is 0 Å². The molecule has 2 N–H and O–H groups in total. The molecule has 2 aromatic rings. The van der Waals surface area contributed by atoms with Crippen molar-refractivity contribution in [3.8, 4) is 0 Å². The van der Waals surface area contributed by atoms with Gasteiger partial charge in [-0.15, -0.1) is 0 Å². The first kappa shape index (κ1) is 11.3. The summed E-state index contributed by atoms with van der Waals surface area (Å²) >= 11 is 0. The fourth-order valence-corrected chi connectivity index (χ4v) is 2.35. The number of nitrogens with one attached hydrogen (secondary N) is 2. The number of rotatable bonds is 2. The SMILES string of the molecule is CC1COCCC1Nc1ccc2oc(=O)[nH]c2c1. The van der Waals surface area contributed by atoms with E-state index in [9.17, 15) is 4.79 Å². The Labute approximate surface area is 104 Å². The van der Waals surface area contributed by atoms with E-state index in [1.165, 1.54) is 0 Å². The normalized spacial score (nSPS) is 24.3. The summed E-state index contributed by atoms with van der Waals surface area (Å²) in [7, 11) is 0. The lowest BCUT2D eigenvalue weighted by Gasteiger charge is -2.30. The molecule has 3 rings (SSSR count). The van der Waals surface area contributed by atoms with Crippen molar-refractivity contribution in [1.29, 1.82) is 0 Å². The zero-order valence-electron chi connectivity index (χ0n) is 10.2. The third-order valence-electron chi connectivity index (χ3n) is 3.41. The molecule has 0 spiro atoms. The zero-order chi connectivity index (χ0) is 12.5. The van der Waals surface area contributed by atoms with Gasteiger partial charge in [-0.25, -0.2) is 4.79 Å². The van der Waals surface area contributed by atoms with Crippen LogP contribution in [0.1, 0.15) is 13.3 Å². The Kier molecular flexibility index (Phi) is 2.83. The monoisotopic (exact) mass is 248 g/mol. The minimum atomic E-state index is -0.415. The fourth-order valence-electron chi connectivity index (χ4n) is 2.35. The van der Waals surface area contributed by atoms with Crippen molar-refractivity contribution in [3.63, 3.8) is 0 Å². The number of hydrogen-bond donors (Lipinski definition) is 2. The lowest BCUT2D eigenvalue weighted by atomic mass is 9.97. The Bertz CT molecular complexity index is 602. The van der Waals surface area contributed by atoms with Gasteiger partial charge in [-0.3, -0.25) is 4.98 Å². The maximum absolute atomic E-state index is 11.1. The van der Waals surface area contributed by atoms with Crippen LogP contribution in [0, 0.1) is 5.92 Å². The molecular formula is C13H16N2O3. The van der Waals surface area contributed by atoms with Crippen LogP contribution >= 0.6 is 0 Å². The van der Waals surface area contributed by atoms with Crippen LogP contribution < -0.4 is 11.1 Å². The van der Waals surface area contributed by atoms with Crippen LogP contribution in [-0.2, 0) is 4.74 Å². The van der Waals surface area contributed by atoms with Crippen LogP contribution in [0.3, 0.4) is 0 Å². The lowest BCUT2D eigenvalue weighted by Crippen LogP contribution is -2.35. The van der Waals surface area contributed by atoms with Crippen molar-refractivity contribution < 1.29 is 9.15 Å². The topological polar surface area (TPSA) is 67.3 Å². The largest absolute Gasteiger partial charge is 0.417 e. The summed E-state index contributed by atoms with van der Waals surface area (Å²) in [5.74, 6) is 0.0689. The van der Waals surface area contributed by atoms with E-state index in [0.29, 0.717) is 17.5 Å². The van der Waals surface area contributed by atoms with Crippen molar-refractivity contribution in [2.75, 3.05) is 18.5 Å². The van der Waals surface area contributed by atoms with Crippen LogP contribution in [0.15, 0.2) is 27.4 Å². The second-order valence-corrected chi connectivity index (χ2v) is 4.82. The van der Waals surface area contributed by atoms with Crippen LogP contribution in [0.2, 0.25) is 0 Å². The number of benzene rings is 1. The Balaban J connectivity index is 1.83. The van der Waals surface area contributed by atoms with Gasteiger partial charge >= 0.3 is 5.76 Å². The molecule has 0 aliphatic carbocycles. The maximum atomic E-state index is 11.1. The van der Waals surface area contributed by atoms with Crippen LogP contribution in [0.4, 0.5) is 5.69 Å². The first-order chi connectivity index (χ1) is 8.72. The van der Waals surface area contributed by atoms with Crippen molar-refractivity contribution in [1.82, 2.24) is 4.98 Å². The van der Waals surface area contributed by atoms with Gasteiger partial charge in [0.15, 0.2) is 5.58 Å². The smallest absolute Gasteiger partial charge is 0.408 e. The van der Waals surface area contributed by atoms with Gasteiger partial charge in [0.2, 0.25) is 0 Å². The van der Waals surface area contributed by atoms with Crippen molar-refractivity contribution >= 4 is 16.8 Å². The molecule has 2 atom stereocenters. The summed E-state index contributed by atoms with van der Waals surface area (Å²) in [6.07, 6.45) is 1.00. The van der Waals surface area contributed by atoms with E-state index in [0.717, 1.165) is 30.8 Å². The lowest BCUT2D eigenvalue weighted by molar-refractivity contribution is 0.0538. The van der Waals surface area contributed by atoms with Gasteiger partial charge in [-0.1, -0.05) is 6.92 Å². The molecule has 2 unspecified atom stereocenters. The highest BCUT2D eigenvalue weighted by molar-refractivity contribution is 5.76. The summed E-state index contributed by atoms with van der Waals surface area (Å²) in [5.41, 5.74) is 2.31. The molecule has 5 nitrogen and oxygen atoms in total. The summed E-state index contributed by atoms with van der Waals surface area (Å²) in [5, 5.41) is 3.49. The molecule has 96 valence electrons. The molecular weight excluding hydrogens is 232 g/mol. The fraction of sp³-hybridized carbons (Fsp3) is 0.462. The molecule has 1 saturated heterocycles. The minimum absolute atomic E-state index is 0.412. The molecule has 18 heavy (non-hydrogen) atoms. The van der Waals surface area contributed by atoms with Crippen LogP contribution in [0.5, 0.6) is 0 Å². The molecule has 1 aromatic heterocycles. The second kappa shape index (κ2) is 4.49. The first-order valence-electron chi connectivity index (χ1n) is 6.19. The van der Waals surface area contributed by atoms with Gasteiger partial charge in [0.1, 0.15) is 0 Å². The highest BCUT2D eigenvalue weighted by Gasteiger charge is 2.21. The third-order valence-corrected chi connectivity index (χ3v) is 3.41. The molecule has 1 aromatic carbocycles. The number of hydrogen-bond acceptors (Lipinski definition) is 4. The maximum Gasteiger partial charge on any atom is 0.417 e. The predicted molar refractivity (Wildman–Crippen MR) is 68.8 cm³/mol. The van der Waals surface area contributed by atoms with E-state index < -0.39 is 5.76 Å². The Morgan fingerprint density at radius 3 is 3.17 bits per heavy atom. The summed E-state index contributed by atoms with van der Waals surface area (Å²) in [6, 6.07) is 6.05. The van der Waals surface area contributed by atoms with E-state index in [1.807, 2.05) is 12.1 Å². The van der Waals surface area contributed by atoms with E-state index in [4.69, 9.17) is 9.15 Å². The van der Waals surface area contributed by atoms with Gasteiger partial charge < -0.3 is 14.5 Å². The summed E-state index contributed by atoms with van der Waals surface area (Å²) in [4.78, 5) is 13.7. The second-order valence-electron chi connectivity index (χ2n) is 4.82. The first-order valence-corrected chi connectivity index (χ1v) is 6.19. The average Bonchev–Trinajstić information content (AvgIpc) is 2.71. The Morgan fingerprint density at radius 2 is 2.33 bits per heavy atom. The van der Waals surface area contributed by atoms with Gasteiger partial charge in [-0.2, -0.15) is 0 Å². The molecule has 2 heterocycles. The number of H-pyrrole nitrogens is 1. The summed E-state index contributed by atoms with van der Waals surface area (Å²) in [6.45, 7) is 3.77. The number of fused-ring (bicyclic) bond motifs is 1. The van der Waals surface area contributed by atoms with Crippen LogP contribution in [-0.4, -0.2) is 24.2 Å². The molecule has 0 amide bonds. The molecule has 1 aliphatic heterocycles. The number of oxazole rings is 1. The minimum Gasteiger partial charge on any atom is -0.408 e.